The minimum atomic E-state index is -0.117. The lowest BCUT2D eigenvalue weighted by Crippen LogP contribution is -2.47. The van der Waals surface area contributed by atoms with E-state index in [-0.39, 0.29) is 5.54 Å². The second-order valence-electron chi connectivity index (χ2n) is 4.85. The van der Waals surface area contributed by atoms with E-state index in [0.717, 1.165) is 24.2 Å². The molecule has 2 rings (SSSR count). The van der Waals surface area contributed by atoms with Crippen LogP contribution in [0.15, 0.2) is 18.5 Å². The fraction of sp³-hybridized carbons (Fsp3) is 0.615. The highest BCUT2D eigenvalue weighted by Gasteiger charge is 2.28. The van der Waals surface area contributed by atoms with E-state index in [1.165, 1.54) is 19.3 Å². The van der Waals surface area contributed by atoms with Gasteiger partial charge in [-0.15, -0.1) is 0 Å². The van der Waals surface area contributed by atoms with E-state index < -0.39 is 0 Å². The van der Waals surface area contributed by atoms with Crippen molar-refractivity contribution in [2.24, 2.45) is 5.73 Å². The van der Waals surface area contributed by atoms with Crippen LogP contribution in [0.4, 0.5) is 0 Å². The summed E-state index contributed by atoms with van der Waals surface area (Å²) >= 11 is 0. The molecule has 1 aromatic rings. The van der Waals surface area contributed by atoms with Crippen LogP contribution in [-0.2, 0) is 0 Å². The Balaban J connectivity index is 1.94. The minimum Gasteiger partial charge on any atom is -0.491 e. The van der Waals surface area contributed by atoms with Crippen LogP contribution in [0.25, 0.3) is 0 Å². The summed E-state index contributed by atoms with van der Waals surface area (Å²) in [6.45, 7) is 2.63. The summed E-state index contributed by atoms with van der Waals surface area (Å²) < 4.78 is 5.81. The number of nitrogens with zero attached hydrogens (tertiary/aromatic N) is 1. The van der Waals surface area contributed by atoms with E-state index in [4.69, 9.17) is 10.5 Å². The van der Waals surface area contributed by atoms with Crippen LogP contribution in [0.3, 0.4) is 0 Å². The summed E-state index contributed by atoms with van der Waals surface area (Å²) in [7, 11) is 0. The van der Waals surface area contributed by atoms with E-state index in [1.54, 1.807) is 6.20 Å². The van der Waals surface area contributed by atoms with Gasteiger partial charge >= 0.3 is 0 Å². The van der Waals surface area contributed by atoms with E-state index >= 15 is 0 Å². The van der Waals surface area contributed by atoms with Crippen molar-refractivity contribution in [3.8, 4) is 5.75 Å². The van der Waals surface area contributed by atoms with Gasteiger partial charge in [0.05, 0.1) is 5.54 Å². The quantitative estimate of drug-likeness (QED) is 0.851. The van der Waals surface area contributed by atoms with Crippen molar-refractivity contribution < 1.29 is 4.74 Å². The zero-order valence-corrected chi connectivity index (χ0v) is 9.91. The first kappa shape index (κ1) is 11.4. The molecule has 0 atom stereocenters. The predicted molar refractivity (Wildman–Crippen MR) is 64.5 cm³/mol. The Morgan fingerprint density at radius 1 is 1.38 bits per heavy atom. The van der Waals surface area contributed by atoms with Crippen LogP contribution in [0.2, 0.25) is 0 Å². The largest absolute Gasteiger partial charge is 0.491 e. The van der Waals surface area contributed by atoms with Crippen LogP contribution in [0.5, 0.6) is 5.75 Å². The maximum atomic E-state index is 6.32. The van der Waals surface area contributed by atoms with Gasteiger partial charge in [0.2, 0.25) is 0 Å². The molecule has 1 fully saturated rings. The lowest BCUT2D eigenvalue weighted by Gasteiger charge is -2.33. The second-order valence-corrected chi connectivity index (χ2v) is 4.85. The molecule has 2 N–H and O–H groups in total. The minimum absolute atomic E-state index is 0.117. The van der Waals surface area contributed by atoms with Crippen molar-refractivity contribution in [1.82, 2.24) is 4.98 Å². The van der Waals surface area contributed by atoms with Gasteiger partial charge in [0, 0.05) is 18.0 Å². The molecule has 3 heteroatoms. The number of aryl methyl sites for hydroxylation is 1. The average molecular weight is 220 g/mol. The van der Waals surface area contributed by atoms with Gasteiger partial charge in [-0.1, -0.05) is 19.3 Å². The number of aromatic nitrogens is 1. The Bertz CT molecular complexity index is 346. The van der Waals surface area contributed by atoms with Crippen molar-refractivity contribution in [3.05, 3.63) is 24.0 Å². The average Bonchev–Trinajstić information content (AvgIpc) is 2.29. The fourth-order valence-corrected chi connectivity index (χ4v) is 2.24. The molecule has 0 spiro atoms. The highest BCUT2D eigenvalue weighted by molar-refractivity contribution is 5.28. The summed E-state index contributed by atoms with van der Waals surface area (Å²) in [6.07, 6.45) is 9.51. The van der Waals surface area contributed by atoms with Gasteiger partial charge in [0.25, 0.3) is 0 Å². The first-order chi connectivity index (χ1) is 7.70. The molecule has 1 aliphatic carbocycles. The fourth-order valence-electron chi connectivity index (χ4n) is 2.24. The lowest BCUT2D eigenvalue weighted by atomic mass is 9.83. The maximum absolute atomic E-state index is 6.32. The van der Waals surface area contributed by atoms with E-state index in [1.807, 2.05) is 19.2 Å². The number of ether oxygens (including phenoxy) is 1. The molecule has 1 aromatic heterocycles. The smallest absolute Gasteiger partial charge is 0.125 e. The number of hydrogen-bond acceptors (Lipinski definition) is 3. The monoisotopic (exact) mass is 220 g/mol. The third-order valence-corrected chi connectivity index (χ3v) is 3.33. The zero-order chi connectivity index (χ0) is 11.4. The molecular formula is C13H20N2O. The summed E-state index contributed by atoms with van der Waals surface area (Å²) in [6, 6.07) is 1.90. The van der Waals surface area contributed by atoms with Crippen molar-refractivity contribution in [2.45, 2.75) is 44.6 Å². The Morgan fingerprint density at radius 2 is 2.12 bits per heavy atom. The molecule has 0 bridgehead atoms. The third-order valence-electron chi connectivity index (χ3n) is 3.33. The highest BCUT2D eigenvalue weighted by atomic mass is 16.5. The molecule has 3 nitrogen and oxygen atoms in total. The lowest BCUT2D eigenvalue weighted by molar-refractivity contribution is 0.173. The Hall–Kier alpha value is -1.09. The Kier molecular flexibility index (Phi) is 3.44. The maximum Gasteiger partial charge on any atom is 0.125 e. The van der Waals surface area contributed by atoms with Crippen molar-refractivity contribution in [1.29, 1.82) is 0 Å². The van der Waals surface area contributed by atoms with Crippen molar-refractivity contribution in [3.63, 3.8) is 0 Å². The Labute approximate surface area is 97.0 Å². The Morgan fingerprint density at radius 3 is 2.81 bits per heavy atom. The predicted octanol–water partition coefficient (Wildman–Crippen LogP) is 2.43. The molecule has 0 aliphatic heterocycles. The topological polar surface area (TPSA) is 48.1 Å². The molecule has 88 valence electrons. The van der Waals surface area contributed by atoms with Crippen molar-refractivity contribution >= 4 is 0 Å². The molecule has 1 heterocycles. The van der Waals surface area contributed by atoms with Crippen LogP contribution >= 0.6 is 0 Å². The number of nitrogens with two attached hydrogens (primary N) is 1. The first-order valence-corrected chi connectivity index (χ1v) is 6.02. The van der Waals surface area contributed by atoms with E-state index in [9.17, 15) is 0 Å². The third kappa shape index (κ3) is 2.73. The zero-order valence-electron chi connectivity index (χ0n) is 9.91. The van der Waals surface area contributed by atoms with Crippen LogP contribution < -0.4 is 10.5 Å². The van der Waals surface area contributed by atoms with Crippen LogP contribution in [-0.4, -0.2) is 17.1 Å². The van der Waals surface area contributed by atoms with Crippen molar-refractivity contribution in [2.75, 3.05) is 6.61 Å². The van der Waals surface area contributed by atoms with Gasteiger partial charge in [-0.05, 0) is 25.8 Å². The molecule has 1 aliphatic rings. The van der Waals surface area contributed by atoms with Crippen LogP contribution in [0.1, 0.15) is 37.7 Å². The molecule has 0 amide bonds. The molecule has 0 unspecified atom stereocenters. The molecule has 0 radical (unpaired) electrons. The van der Waals surface area contributed by atoms with Crippen LogP contribution in [0, 0.1) is 6.92 Å². The van der Waals surface area contributed by atoms with Gasteiger partial charge in [0.1, 0.15) is 12.4 Å². The summed E-state index contributed by atoms with van der Waals surface area (Å²) in [5.41, 5.74) is 7.27. The number of hydrogen-bond donors (Lipinski definition) is 1. The molecule has 0 saturated heterocycles. The van der Waals surface area contributed by atoms with Gasteiger partial charge < -0.3 is 10.5 Å². The summed E-state index contributed by atoms with van der Waals surface area (Å²) in [5, 5.41) is 0. The van der Waals surface area contributed by atoms with E-state index in [0.29, 0.717) is 6.61 Å². The molecule has 1 saturated carbocycles. The second kappa shape index (κ2) is 4.83. The molecule has 16 heavy (non-hydrogen) atoms. The normalized spacial score (nSPS) is 19.4. The molecule has 0 aromatic carbocycles. The van der Waals surface area contributed by atoms with Gasteiger partial charge in [-0.25, -0.2) is 0 Å². The summed E-state index contributed by atoms with van der Waals surface area (Å²) in [4.78, 5) is 4.05. The highest BCUT2D eigenvalue weighted by Crippen LogP contribution is 2.27. The number of pyridine rings is 1. The van der Waals surface area contributed by atoms with Gasteiger partial charge in [0.15, 0.2) is 0 Å². The van der Waals surface area contributed by atoms with Gasteiger partial charge in [-0.3, -0.25) is 4.98 Å². The first-order valence-electron chi connectivity index (χ1n) is 6.02. The standard InChI is InChI=1S/C13H20N2O/c1-11-9-15-8-5-12(11)16-10-13(14)6-3-2-4-7-13/h5,8-9H,2-4,6-7,10,14H2,1H3. The number of rotatable bonds is 3. The summed E-state index contributed by atoms with van der Waals surface area (Å²) in [5.74, 6) is 0.908. The van der Waals surface area contributed by atoms with Gasteiger partial charge in [-0.2, -0.15) is 0 Å². The van der Waals surface area contributed by atoms with E-state index in [2.05, 4.69) is 4.98 Å². The molecular weight excluding hydrogens is 200 g/mol. The SMILES string of the molecule is Cc1cnccc1OCC1(N)CCCCC1.